The van der Waals surface area contributed by atoms with Crippen LogP contribution in [0.2, 0.25) is 0 Å². The number of nitrogens with zero attached hydrogens (tertiary/aromatic N) is 5. The molecule has 2 aromatic heterocycles. The number of fused-ring (bicyclic) bond motifs is 1. The predicted molar refractivity (Wildman–Crippen MR) is 127 cm³/mol. The van der Waals surface area contributed by atoms with Gasteiger partial charge < -0.3 is 9.13 Å². The molecule has 1 aromatic carbocycles. The number of thioether (sulfide) groups is 1. The van der Waals surface area contributed by atoms with Gasteiger partial charge in [0.15, 0.2) is 5.16 Å². The second kappa shape index (κ2) is 9.34. The molecule has 2 heterocycles. The summed E-state index contributed by atoms with van der Waals surface area (Å²) >= 11 is 1.69. The van der Waals surface area contributed by atoms with Crippen LogP contribution in [0.4, 0.5) is 0 Å². The summed E-state index contributed by atoms with van der Waals surface area (Å²) in [5.41, 5.74) is 3.94. The van der Waals surface area contributed by atoms with Gasteiger partial charge in [0, 0.05) is 32.9 Å². The maximum Gasteiger partial charge on any atom is 0.242 e. The van der Waals surface area contributed by atoms with E-state index in [0.29, 0.717) is 17.2 Å². The minimum absolute atomic E-state index is 0.268. The third-order valence-electron chi connectivity index (χ3n) is 5.33. The van der Waals surface area contributed by atoms with Crippen LogP contribution < -0.4 is 0 Å². The SMILES string of the molecule is CCCn1c(CSc2nc(C)c(C)n2CC(C)C)nc2cc(S(=O)(=O)N(C)C)ccc21. The van der Waals surface area contributed by atoms with Crippen LogP contribution in [-0.4, -0.2) is 45.9 Å². The maximum atomic E-state index is 12.5. The first-order chi connectivity index (χ1) is 14.6. The molecule has 0 aliphatic carbocycles. The van der Waals surface area contributed by atoms with Crippen LogP contribution in [0.15, 0.2) is 28.3 Å². The van der Waals surface area contributed by atoms with E-state index in [1.54, 1.807) is 38.0 Å². The Morgan fingerprint density at radius 1 is 1.13 bits per heavy atom. The molecule has 0 saturated carbocycles. The summed E-state index contributed by atoms with van der Waals surface area (Å²) in [7, 11) is -0.409. The third-order valence-corrected chi connectivity index (χ3v) is 8.11. The van der Waals surface area contributed by atoms with Crippen molar-refractivity contribution in [1.29, 1.82) is 0 Å². The van der Waals surface area contributed by atoms with Crippen molar-refractivity contribution in [2.75, 3.05) is 14.1 Å². The highest BCUT2D eigenvalue weighted by Crippen LogP contribution is 2.28. The minimum Gasteiger partial charge on any atom is -0.327 e. The molecule has 0 spiro atoms. The first-order valence-electron chi connectivity index (χ1n) is 10.6. The molecule has 170 valence electrons. The molecule has 31 heavy (non-hydrogen) atoms. The molecule has 0 saturated heterocycles. The lowest BCUT2D eigenvalue weighted by molar-refractivity contribution is 0.486. The largest absolute Gasteiger partial charge is 0.327 e. The second-order valence-corrected chi connectivity index (χ2v) is 11.6. The van der Waals surface area contributed by atoms with E-state index >= 15 is 0 Å². The fourth-order valence-electron chi connectivity index (χ4n) is 3.56. The van der Waals surface area contributed by atoms with Gasteiger partial charge in [0.2, 0.25) is 10.0 Å². The van der Waals surface area contributed by atoms with Gasteiger partial charge in [-0.2, -0.15) is 0 Å². The number of rotatable bonds is 9. The van der Waals surface area contributed by atoms with Crippen molar-refractivity contribution in [3.8, 4) is 0 Å². The smallest absolute Gasteiger partial charge is 0.242 e. The zero-order valence-electron chi connectivity index (χ0n) is 19.5. The van der Waals surface area contributed by atoms with Crippen molar-refractivity contribution in [1.82, 2.24) is 23.4 Å². The average Bonchev–Trinajstić information content (AvgIpc) is 3.17. The normalized spacial score (nSPS) is 12.5. The zero-order valence-corrected chi connectivity index (χ0v) is 21.1. The lowest BCUT2D eigenvalue weighted by Gasteiger charge is -2.13. The van der Waals surface area contributed by atoms with Crippen molar-refractivity contribution in [2.24, 2.45) is 5.92 Å². The Kier molecular flexibility index (Phi) is 7.18. The molecule has 3 aromatic rings. The quantitative estimate of drug-likeness (QED) is 0.438. The van der Waals surface area contributed by atoms with E-state index in [9.17, 15) is 8.42 Å². The standard InChI is InChI=1S/C22H33N5O2S2/c1-8-11-26-20-10-9-18(31(28,29)25(6)7)12-19(20)24-21(26)14-30-22-23-16(4)17(5)27(22)13-15(2)3/h9-10,12,15H,8,11,13-14H2,1-7H3. The summed E-state index contributed by atoms with van der Waals surface area (Å²) in [5.74, 6) is 2.15. The molecule has 0 aliphatic rings. The maximum absolute atomic E-state index is 12.5. The van der Waals surface area contributed by atoms with Gasteiger partial charge in [-0.15, -0.1) is 0 Å². The van der Waals surface area contributed by atoms with Crippen molar-refractivity contribution in [2.45, 2.75) is 69.9 Å². The fraction of sp³-hybridized carbons (Fsp3) is 0.545. The Labute approximate surface area is 189 Å². The average molecular weight is 464 g/mol. The Bertz CT molecular complexity index is 1180. The molecule has 0 N–H and O–H groups in total. The number of benzene rings is 1. The molecule has 0 bridgehead atoms. The van der Waals surface area contributed by atoms with E-state index in [1.165, 1.54) is 10.00 Å². The molecule has 0 aliphatic heterocycles. The van der Waals surface area contributed by atoms with Crippen molar-refractivity contribution in [3.63, 3.8) is 0 Å². The summed E-state index contributed by atoms with van der Waals surface area (Å²) in [6.07, 6.45) is 0.973. The third kappa shape index (κ3) is 4.83. The number of imidazole rings is 2. The van der Waals surface area contributed by atoms with Gasteiger partial charge in [-0.25, -0.2) is 22.7 Å². The molecule has 9 heteroatoms. The van der Waals surface area contributed by atoms with E-state index in [0.717, 1.165) is 41.7 Å². The Balaban J connectivity index is 1.97. The Hall–Kier alpha value is -1.84. The zero-order chi connectivity index (χ0) is 22.9. The molecular formula is C22H33N5O2S2. The van der Waals surface area contributed by atoms with E-state index in [-0.39, 0.29) is 4.90 Å². The van der Waals surface area contributed by atoms with Gasteiger partial charge in [0.05, 0.1) is 27.4 Å². The lowest BCUT2D eigenvalue weighted by Crippen LogP contribution is -2.22. The fourth-order valence-corrected chi connectivity index (χ4v) is 5.53. The van der Waals surface area contributed by atoms with E-state index in [4.69, 9.17) is 9.97 Å². The van der Waals surface area contributed by atoms with Gasteiger partial charge in [0.1, 0.15) is 5.82 Å². The number of hydrogen-bond acceptors (Lipinski definition) is 5. The minimum atomic E-state index is -3.49. The van der Waals surface area contributed by atoms with Gasteiger partial charge in [-0.05, 0) is 44.4 Å². The monoisotopic (exact) mass is 463 g/mol. The number of aromatic nitrogens is 4. The Morgan fingerprint density at radius 3 is 2.45 bits per heavy atom. The van der Waals surface area contributed by atoms with Crippen LogP contribution in [-0.2, 0) is 28.9 Å². The van der Waals surface area contributed by atoms with Crippen LogP contribution in [0.1, 0.15) is 44.4 Å². The molecule has 0 amide bonds. The number of aryl methyl sites for hydroxylation is 2. The predicted octanol–water partition coefficient (Wildman–Crippen LogP) is 4.46. The number of sulfonamides is 1. The topological polar surface area (TPSA) is 73.0 Å². The summed E-state index contributed by atoms with van der Waals surface area (Å²) in [4.78, 5) is 9.87. The molecule has 0 fully saturated rings. The van der Waals surface area contributed by atoms with Crippen molar-refractivity contribution >= 4 is 32.8 Å². The van der Waals surface area contributed by atoms with E-state index in [1.807, 2.05) is 6.07 Å². The highest BCUT2D eigenvalue weighted by molar-refractivity contribution is 7.98. The van der Waals surface area contributed by atoms with Gasteiger partial charge >= 0.3 is 0 Å². The van der Waals surface area contributed by atoms with Crippen molar-refractivity contribution < 1.29 is 8.42 Å². The lowest BCUT2D eigenvalue weighted by atomic mass is 10.2. The first-order valence-corrected chi connectivity index (χ1v) is 13.1. The van der Waals surface area contributed by atoms with E-state index < -0.39 is 10.0 Å². The van der Waals surface area contributed by atoms with Gasteiger partial charge in [-0.1, -0.05) is 32.5 Å². The highest BCUT2D eigenvalue weighted by Gasteiger charge is 2.20. The van der Waals surface area contributed by atoms with Crippen LogP contribution in [0.25, 0.3) is 11.0 Å². The molecule has 0 unspecified atom stereocenters. The van der Waals surface area contributed by atoms with Crippen molar-refractivity contribution in [3.05, 3.63) is 35.4 Å². The molecule has 0 radical (unpaired) electrons. The first kappa shape index (κ1) is 23.8. The van der Waals surface area contributed by atoms with Gasteiger partial charge in [-0.3, -0.25) is 0 Å². The van der Waals surface area contributed by atoms with E-state index in [2.05, 4.69) is 43.8 Å². The highest BCUT2D eigenvalue weighted by atomic mass is 32.2. The molecule has 7 nitrogen and oxygen atoms in total. The molecular weight excluding hydrogens is 430 g/mol. The summed E-state index contributed by atoms with van der Waals surface area (Å²) in [5, 5.41) is 1.01. The summed E-state index contributed by atoms with van der Waals surface area (Å²) < 4.78 is 30.8. The second-order valence-electron chi connectivity index (χ2n) is 8.48. The van der Waals surface area contributed by atoms with Crippen LogP contribution >= 0.6 is 11.8 Å². The summed E-state index contributed by atoms with van der Waals surface area (Å²) in [6, 6.07) is 5.22. The van der Waals surface area contributed by atoms with Gasteiger partial charge in [0.25, 0.3) is 0 Å². The molecule has 0 atom stereocenters. The molecule has 3 rings (SSSR count). The van der Waals surface area contributed by atoms with Crippen LogP contribution in [0, 0.1) is 19.8 Å². The Morgan fingerprint density at radius 2 is 1.84 bits per heavy atom. The van der Waals surface area contributed by atoms with Crippen LogP contribution in [0.5, 0.6) is 0 Å². The summed E-state index contributed by atoms with van der Waals surface area (Å²) in [6.45, 7) is 12.5. The number of hydrogen-bond donors (Lipinski definition) is 0. The van der Waals surface area contributed by atoms with Crippen LogP contribution in [0.3, 0.4) is 0 Å².